The molecule has 2 atom stereocenters. The Morgan fingerprint density at radius 3 is 2.32 bits per heavy atom. The zero-order valence-corrected chi connectivity index (χ0v) is 23.8. The molecule has 0 saturated carbocycles. The summed E-state index contributed by atoms with van der Waals surface area (Å²) in [6, 6.07) is 15.9. The first kappa shape index (κ1) is 28.5. The number of nitrogens with two attached hydrogens (primary N) is 1. The number of ether oxygens (including phenoxy) is 2. The first-order chi connectivity index (χ1) is 19.6. The molecule has 2 aliphatic heterocycles. The second-order valence-corrected chi connectivity index (χ2v) is 11.3. The summed E-state index contributed by atoms with van der Waals surface area (Å²) in [4.78, 5) is 41.8. The van der Waals surface area contributed by atoms with E-state index < -0.39 is 17.7 Å². The Balaban J connectivity index is 1.22. The van der Waals surface area contributed by atoms with Crippen LogP contribution in [0.4, 0.5) is 0 Å². The molecular formula is C30H33N5O5S. The standard InChI is InChI=1S/C30H33N5O5S/c1-18-3-5-20(6-4-18)21-7-9-22(10-8-21)28(37)33-15-26(36)35-17-30(39-11-12-40-30)14-24(35)29(38)34-19(2)25-13-23(16-41-25)27(31)32/h3-10,13,16,19,24H,11-12,14-15,17H2,1-2H3,(H3,31,32)(H,33,37)(H,34,38)/t19?,24-/m0/s1. The van der Waals surface area contributed by atoms with E-state index in [0.717, 1.165) is 16.0 Å². The van der Waals surface area contributed by atoms with Crippen LogP contribution in [0.25, 0.3) is 11.1 Å². The lowest BCUT2D eigenvalue weighted by Gasteiger charge is -2.25. The molecule has 5 N–H and O–H groups in total. The van der Waals surface area contributed by atoms with Crippen molar-refractivity contribution in [3.8, 4) is 11.1 Å². The fourth-order valence-corrected chi connectivity index (χ4v) is 5.98. The molecule has 3 amide bonds. The zero-order chi connectivity index (χ0) is 29.1. The van der Waals surface area contributed by atoms with Gasteiger partial charge in [0.2, 0.25) is 11.8 Å². The topological polar surface area (TPSA) is 147 Å². The number of nitrogens with one attached hydrogen (secondary N) is 3. The summed E-state index contributed by atoms with van der Waals surface area (Å²) in [5, 5.41) is 15.0. The van der Waals surface area contributed by atoms with E-state index in [-0.39, 0.29) is 43.2 Å². The molecule has 3 heterocycles. The van der Waals surface area contributed by atoms with Gasteiger partial charge in [0.1, 0.15) is 11.9 Å². The van der Waals surface area contributed by atoms with Gasteiger partial charge in [-0.15, -0.1) is 11.3 Å². The van der Waals surface area contributed by atoms with E-state index >= 15 is 0 Å². The lowest BCUT2D eigenvalue weighted by Crippen LogP contribution is -2.49. The summed E-state index contributed by atoms with van der Waals surface area (Å²) >= 11 is 1.39. The van der Waals surface area contributed by atoms with Gasteiger partial charge in [0.15, 0.2) is 5.79 Å². The summed E-state index contributed by atoms with van der Waals surface area (Å²) in [7, 11) is 0. The van der Waals surface area contributed by atoms with Crippen molar-refractivity contribution in [2.75, 3.05) is 26.3 Å². The van der Waals surface area contributed by atoms with Crippen LogP contribution in [0.15, 0.2) is 60.0 Å². The Morgan fingerprint density at radius 2 is 1.71 bits per heavy atom. The van der Waals surface area contributed by atoms with E-state index in [1.54, 1.807) is 23.6 Å². The van der Waals surface area contributed by atoms with Gasteiger partial charge in [0, 0.05) is 27.8 Å². The van der Waals surface area contributed by atoms with E-state index in [1.807, 2.05) is 50.2 Å². The van der Waals surface area contributed by atoms with Crippen LogP contribution in [0.3, 0.4) is 0 Å². The fraction of sp³-hybridized carbons (Fsp3) is 0.333. The lowest BCUT2D eigenvalue weighted by molar-refractivity contribution is -0.152. The number of hydrogen-bond donors (Lipinski definition) is 4. The number of carbonyl (C=O) groups is 3. The van der Waals surface area contributed by atoms with Gasteiger partial charge in [-0.25, -0.2) is 0 Å². The van der Waals surface area contributed by atoms with Crippen LogP contribution in [0, 0.1) is 12.3 Å². The summed E-state index contributed by atoms with van der Waals surface area (Å²) < 4.78 is 11.6. The van der Waals surface area contributed by atoms with Crippen LogP contribution >= 0.6 is 11.3 Å². The number of rotatable bonds is 8. The Bertz CT molecular complexity index is 1450. The molecule has 0 bridgehead atoms. The van der Waals surface area contributed by atoms with Gasteiger partial charge < -0.3 is 30.7 Å². The number of thiophene rings is 1. The number of nitrogen functional groups attached to an aromatic ring is 1. The average Bonchev–Trinajstić information content (AvgIpc) is 3.73. The van der Waals surface area contributed by atoms with Crippen molar-refractivity contribution in [1.29, 1.82) is 5.41 Å². The molecule has 0 radical (unpaired) electrons. The molecule has 2 fully saturated rings. The van der Waals surface area contributed by atoms with Gasteiger partial charge in [-0.2, -0.15) is 0 Å². The van der Waals surface area contributed by atoms with Crippen molar-refractivity contribution < 1.29 is 23.9 Å². The highest BCUT2D eigenvalue weighted by Crippen LogP contribution is 2.35. The summed E-state index contributed by atoms with van der Waals surface area (Å²) in [6.45, 7) is 4.43. The van der Waals surface area contributed by atoms with Crippen molar-refractivity contribution in [1.82, 2.24) is 15.5 Å². The average molecular weight is 576 g/mol. The third kappa shape index (κ3) is 6.32. The first-order valence-electron chi connectivity index (χ1n) is 13.4. The molecule has 0 aliphatic carbocycles. The largest absolute Gasteiger partial charge is 0.384 e. The molecule has 1 spiro atoms. The van der Waals surface area contributed by atoms with Gasteiger partial charge in [-0.3, -0.25) is 19.8 Å². The number of benzene rings is 2. The minimum atomic E-state index is -1.04. The lowest BCUT2D eigenvalue weighted by atomic mass is 10.0. The van der Waals surface area contributed by atoms with E-state index in [1.165, 1.54) is 21.8 Å². The number of likely N-dealkylation sites (tertiary alicyclic amines) is 1. The predicted octanol–water partition coefficient (Wildman–Crippen LogP) is 2.96. The molecule has 1 unspecified atom stereocenters. The number of carbonyl (C=O) groups excluding carboxylic acids is 3. The molecule has 2 aliphatic rings. The van der Waals surface area contributed by atoms with Crippen LogP contribution in [-0.2, 0) is 19.1 Å². The highest BCUT2D eigenvalue weighted by molar-refractivity contribution is 7.10. The molecule has 2 aromatic carbocycles. The molecule has 41 heavy (non-hydrogen) atoms. The summed E-state index contributed by atoms with van der Waals surface area (Å²) in [6.07, 6.45) is 0.189. The number of amidine groups is 1. The van der Waals surface area contributed by atoms with Gasteiger partial charge >= 0.3 is 0 Å². The number of hydrogen-bond acceptors (Lipinski definition) is 7. The monoisotopic (exact) mass is 575 g/mol. The van der Waals surface area contributed by atoms with Crippen molar-refractivity contribution in [3.63, 3.8) is 0 Å². The Hall–Kier alpha value is -4.06. The zero-order valence-electron chi connectivity index (χ0n) is 22.9. The van der Waals surface area contributed by atoms with Crippen molar-refractivity contribution >= 4 is 34.9 Å². The van der Waals surface area contributed by atoms with Crippen molar-refractivity contribution in [3.05, 3.63) is 81.5 Å². The number of amides is 3. The second-order valence-electron chi connectivity index (χ2n) is 10.4. The molecule has 3 aromatic rings. The van der Waals surface area contributed by atoms with Gasteiger partial charge in [0.25, 0.3) is 5.91 Å². The maximum atomic E-state index is 13.4. The number of aryl methyl sites for hydroxylation is 1. The third-order valence-corrected chi connectivity index (χ3v) is 8.49. The highest BCUT2D eigenvalue weighted by Gasteiger charge is 2.52. The first-order valence-corrected chi connectivity index (χ1v) is 14.3. The molecule has 5 rings (SSSR count). The molecule has 214 valence electrons. The van der Waals surface area contributed by atoms with Crippen molar-refractivity contribution in [2.24, 2.45) is 5.73 Å². The van der Waals surface area contributed by atoms with Crippen LogP contribution < -0.4 is 16.4 Å². The van der Waals surface area contributed by atoms with Crippen LogP contribution in [0.2, 0.25) is 0 Å². The highest BCUT2D eigenvalue weighted by atomic mass is 32.1. The minimum Gasteiger partial charge on any atom is -0.384 e. The van der Waals surface area contributed by atoms with Crippen molar-refractivity contribution in [2.45, 2.75) is 38.1 Å². The maximum Gasteiger partial charge on any atom is 0.251 e. The third-order valence-electron chi connectivity index (χ3n) is 7.38. The van der Waals surface area contributed by atoms with E-state index in [2.05, 4.69) is 10.6 Å². The maximum absolute atomic E-state index is 13.4. The van der Waals surface area contributed by atoms with Crippen LogP contribution in [0.5, 0.6) is 0 Å². The quantitative estimate of drug-likeness (QED) is 0.240. The second kappa shape index (κ2) is 11.8. The van der Waals surface area contributed by atoms with E-state index in [9.17, 15) is 14.4 Å². The Morgan fingerprint density at radius 1 is 1.07 bits per heavy atom. The SMILES string of the molecule is Cc1ccc(-c2ccc(C(=O)NCC(=O)N3CC4(C[C@H]3C(=O)NC(C)c3cc(C(=N)N)cs3)OCCO4)cc2)cc1. The molecule has 1 aromatic heterocycles. The molecular weight excluding hydrogens is 542 g/mol. The minimum absolute atomic E-state index is 0.0414. The Kier molecular flexibility index (Phi) is 8.20. The van der Waals surface area contributed by atoms with E-state index in [0.29, 0.717) is 24.3 Å². The predicted molar refractivity (Wildman–Crippen MR) is 156 cm³/mol. The normalized spacial score (nSPS) is 18.3. The molecule has 10 nitrogen and oxygen atoms in total. The summed E-state index contributed by atoms with van der Waals surface area (Å²) in [5.41, 5.74) is 9.80. The van der Waals surface area contributed by atoms with E-state index in [4.69, 9.17) is 20.6 Å². The fourth-order valence-electron chi connectivity index (χ4n) is 5.06. The van der Waals surface area contributed by atoms with Gasteiger partial charge in [-0.05, 0) is 43.2 Å². The summed E-state index contributed by atoms with van der Waals surface area (Å²) in [5.74, 6) is -2.22. The number of nitrogens with zero attached hydrogens (tertiary/aromatic N) is 1. The van der Waals surface area contributed by atoms with Crippen LogP contribution in [-0.4, -0.2) is 66.6 Å². The van der Waals surface area contributed by atoms with Crippen LogP contribution in [0.1, 0.15) is 45.7 Å². The molecule has 11 heteroatoms. The van der Waals surface area contributed by atoms with Gasteiger partial charge in [-0.1, -0.05) is 42.0 Å². The Labute approximate surface area is 242 Å². The van der Waals surface area contributed by atoms with Gasteiger partial charge in [0.05, 0.1) is 32.3 Å². The smallest absolute Gasteiger partial charge is 0.251 e. The molecule has 2 saturated heterocycles.